The molecular formula is C15H20BrNO. The SMILES string of the molecule is CC(CN)(Cc1cc(Br)cc2c1OCC2)C1CC1. The lowest BCUT2D eigenvalue weighted by Crippen LogP contribution is -2.32. The zero-order chi connectivity index (χ0) is 12.8. The first kappa shape index (κ1) is 12.5. The van der Waals surface area contributed by atoms with Gasteiger partial charge in [-0.2, -0.15) is 0 Å². The number of hydrogen-bond acceptors (Lipinski definition) is 2. The molecule has 2 aliphatic rings. The molecule has 0 amide bonds. The fourth-order valence-corrected chi connectivity index (χ4v) is 3.63. The van der Waals surface area contributed by atoms with E-state index in [0.717, 1.165) is 42.1 Å². The van der Waals surface area contributed by atoms with E-state index in [9.17, 15) is 0 Å². The molecular weight excluding hydrogens is 290 g/mol. The molecule has 0 radical (unpaired) electrons. The lowest BCUT2D eigenvalue weighted by Gasteiger charge is -2.29. The number of nitrogens with two attached hydrogens (primary N) is 1. The van der Waals surface area contributed by atoms with Crippen molar-refractivity contribution < 1.29 is 4.74 Å². The van der Waals surface area contributed by atoms with E-state index in [4.69, 9.17) is 10.5 Å². The van der Waals surface area contributed by atoms with Gasteiger partial charge in [0.2, 0.25) is 0 Å². The third-order valence-electron chi connectivity index (χ3n) is 4.45. The Morgan fingerprint density at radius 3 is 2.89 bits per heavy atom. The van der Waals surface area contributed by atoms with Crippen molar-refractivity contribution in [3.05, 3.63) is 27.7 Å². The smallest absolute Gasteiger partial charge is 0.125 e. The summed E-state index contributed by atoms with van der Waals surface area (Å²) in [4.78, 5) is 0. The Hall–Kier alpha value is -0.540. The van der Waals surface area contributed by atoms with Gasteiger partial charge >= 0.3 is 0 Å². The van der Waals surface area contributed by atoms with Gasteiger partial charge in [-0.25, -0.2) is 0 Å². The van der Waals surface area contributed by atoms with Crippen LogP contribution in [0.5, 0.6) is 5.75 Å². The average molecular weight is 310 g/mol. The second kappa shape index (κ2) is 4.53. The van der Waals surface area contributed by atoms with Gasteiger partial charge < -0.3 is 10.5 Å². The van der Waals surface area contributed by atoms with Crippen LogP contribution in [0.25, 0.3) is 0 Å². The fourth-order valence-electron chi connectivity index (χ4n) is 3.08. The molecule has 0 bridgehead atoms. The standard InChI is InChI=1S/C15H20BrNO/c1-15(9-17,12-2-3-12)8-11-7-13(16)6-10-4-5-18-14(10)11/h6-7,12H,2-5,8-9,17H2,1H3. The summed E-state index contributed by atoms with van der Waals surface area (Å²) >= 11 is 3.61. The molecule has 3 heteroatoms. The molecule has 1 aromatic rings. The second-order valence-corrected chi connectivity index (χ2v) is 6.88. The molecule has 1 fully saturated rings. The maximum absolute atomic E-state index is 6.03. The molecule has 1 atom stereocenters. The van der Waals surface area contributed by atoms with Gasteiger partial charge in [0.05, 0.1) is 6.61 Å². The van der Waals surface area contributed by atoms with Crippen LogP contribution < -0.4 is 10.5 Å². The van der Waals surface area contributed by atoms with Gasteiger partial charge in [-0.1, -0.05) is 22.9 Å². The summed E-state index contributed by atoms with van der Waals surface area (Å²) in [6, 6.07) is 4.39. The maximum Gasteiger partial charge on any atom is 0.125 e. The lowest BCUT2D eigenvalue weighted by atomic mass is 9.78. The molecule has 0 aromatic heterocycles. The van der Waals surface area contributed by atoms with E-state index in [1.54, 1.807) is 0 Å². The first-order valence-corrected chi connectivity index (χ1v) is 7.56. The van der Waals surface area contributed by atoms with E-state index in [1.807, 2.05) is 0 Å². The van der Waals surface area contributed by atoms with Crippen molar-refractivity contribution >= 4 is 15.9 Å². The van der Waals surface area contributed by atoms with E-state index >= 15 is 0 Å². The molecule has 98 valence electrons. The topological polar surface area (TPSA) is 35.2 Å². The molecule has 1 saturated carbocycles. The van der Waals surface area contributed by atoms with Crippen LogP contribution in [0, 0.1) is 11.3 Å². The minimum absolute atomic E-state index is 0.237. The Kier molecular flexibility index (Phi) is 3.15. The Morgan fingerprint density at radius 2 is 2.22 bits per heavy atom. The first-order chi connectivity index (χ1) is 8.62. The van der Waals surface area contributed by atoms with Crippen LogP contribution in [0.3, 0.4) is 0 Å². The van der Waals surface area contributed by atoms with E-state index < -0.39 is 0 Å². The van der Waals surface area contributed by atoms with Crippen LogP contribution in [0.4, 0.5) is 0 Å². The van der Waals surface area contributed by atoms with Crippen LogP contribution in [0.1, 0.15) is 30.9 Å². The Labute approximate surface area is 117 Å². The van der Waals surface area contributed by atoms with Gasteiger partial charge in [-0.15, -0.1) is 0 Å². The molecule has 1 heterocycles. The van der Waals surface area contributed by atoms with E-state index in [-0.39, 0.29) is 5.41 Å². The van der Waals surface area contributed by atoms with Crippen molar-refractivity contribution in [3.63, 3.8) is 0 Å². The summed E-state index contributed by atoms with van der Waals surface area (Å²) in [5.41, 5.74) is 8.94. The van der Waals surface area contributed by atoms with Crippen molar-refractivity contribution in [2.75, 3.05) is 13.2 Å². The van der Waals surface area contributed by atoms with E-state index in [0.29, 0.717) is 0 Å². The zero-order valence-electron chi connectivity index (χ0n) is 10.8. The van der Waals surface area contributed by atoms with Crippen LogP contribution in [0.2, 0.25) is 0 Å². The molecule has 1 aliphatic carbocycles. The number of ether oxygens (including phenoxy) is 1. The summed E-state index contributed by atoms with van der Waals surface area (Å²) in [6.45, 7) is 3.91. The summed E-state index contributed by atoms with van der Waals surface area (Å²) in [6.07, 6.45) is 4.75. The minimum Gasteiger partial charge on any atom is -0.493 e. The van der Waals surface area contributed by atoms with Gasteiger partial charge in [0.15, 0.2) is 0 Å². The Morgan fingerprint density at radius 1 is 1.44 bits per heavy atom. The number of hydrogen-bond donors (Lipinski definition) is 1. The van der Waals surface area contributed by atoms with Crippen LogP contribution in [-0.2, 0) is 12.8 Å². The van der Waals surface area contributed by atoms with Crippen molar-refractivity contribution in [2.45, 2.75) is 32.6 Å². The highest BCUT2D eigenvalue weighted by Crippen LogP contribution is 2.48. The molecule has 2 nitrogen and oxygen atoms in total. The van der Waals surface area contributed by atoms with Crippen molar-refractivity contribution in [1.29, 1.82) is 0 Å². The third-order valence-corrected chi connectivity index (χ3v) is 4.91. The number of fused-ring (bicyclic) bond motifs is 1. The fraction of sp³-hybridized carbons (Fsp3) is 0.600. The summed E-state index contributed by atoms with van der Waals surface area (Å²) in [7, 11) is 0. The van der Waals surface area contributed by atoms with Gasteiger partial charge in [0.1, 0.15) is 5.75 Å². The second-order valence-electron chi connectivity index (χ2n) is 5.96. The highest BCUT2D eigenvalue weighted by Gasteiger charge is 2.41. The highest BCUT2D eigenvalue weighted by atomic mass is 79.9. The number of rotatable bonds is 4. The Bertz CT molecular complexity index is 470. The zero-order valence-corrected chi connectivity index (χ0v) is 12.4. The normalized spacial score (nSPS) is 21.3. The predicted molar refractivity (Wildman–Crippen MR) is 76.9 cm³/mol. The molecule has 3 rings (SSSR count). The van der Waals surface area contributed by atoms with Crippen LogP contribution in [-0.4, -0.2) is 13.2 Å². The Balaban J connectivity index is 1.92. The molecule has 0 saturated heterocycles. The molecule has 1 aliphatic heterocycles. The minimum atomic E-state index is 0.237. The van der Waals surface area contributed by atoms with Crippen molar-refractivity contribution in [3.8, 4) is 5.75 Å². The largest absolute Gasteiger partial charge is 0.493 e. The molecule has 2 N–H and O–H groups in total. The molecule has 1 aromatic carbocycles. The number of benzene rings is 1. The van der Waals surface area contributed by atoms with Crippen molar-refractivity contribution in [2.24, 2.45) is 17.1 Å². The molecule has 1 unspecified atom stereocenters. The van der Waals surface area contributed by atoms with Gasteiger partial charge in [-0.3, -0.25) is 0 Å². The first-order valence-electron chi connectivity index (χ1n) is 6.76. The van der Waals surface area contributed by atoms with Gasteiger partial charge in [-0.05, 0) is 60.4 Å². The third kappa shape index (κ3) is 2.19. The highest BCUT2D eigenvalue weighted by molar-refractivity contribution is 9.10. The predicted octanol–water partition coefficient (Wildman–Crippen LogP) is 3.30. The van der Waals surface area contributed by atoms with Crippen LogP contribution >= 0.6 is 15.9 Å². The summed E-state index contributed by atoms with van der Waals surface area (Å²) in [5, 5.41) is 0. The maximum atomic E-state index is 6.03. The molecule has 18 heavy (non-hydrogen) atoms. The lowest BCUT2D eigenvalue weighted by molar-refractivity contribution is 0.275. The van der Waals surface area contributed by atoms with E-state index in [2.05, 4.69) is 35.0 Å². The number of halogens is 1. The average Bonchev–Trinajstić information content (AvgIpc) is 3.09. The van der Waals surface area contributed by atoms with Gasteiger partial charge in [0.25, 0.3) is 0 Å². The van der Waals surface area contributed by atoms with E-state index in [1.165, 1.54) is 24.0 Å². The summed E-state index contributed by atoms with van der Waals surface area (Å²) in [5.74, 6) is 1.93. The van der Waals surface area contributed by atoms with Crippen LogP contribution in [0.15, 0.2) is 16.6 Å². The van der Waals surface area contributed by atoms with Crippen molar-refractivity contribution in [1.82, 2.24) is 0 Å². The quantitative estimate of drug-likeness (QED) is 0.926. The van der Waals surface area contributed by atoms with Gasteiger partial charge in [0, 0.05) is 10.9 Å². The molecule has 0 spiro atoms. The summed E-state index contributed by atoms with van der Waals surface area (Å²) < 4.78 is 6.98. The monoisotopic (exact) mass is 309 g/mol.